The summed E-state index contributed by atoms with van der Waals surface area (Å²) in [5.41, 5.74) is 5.31. The molecule has 4 aromatic rings. The maximum absolute atomic E-state index is 6.17. The number of hydrogen-bond acceptors (Lipinski definition) is 3. The molecule has 148 valence electrons. The fraction of sp³-hybridized carbons (Fsp3) is 0.120. The highest BCUT2D eigenvalue weighted by molar-refractivity contribution is 6.30. The lowest BCUT2D eigenvalue weighted by molar-refractivity contribution is 0.420. The number of hydrogen-bond donors (Lipinski definition) is 0. The van der Waals surface area contributed by atoms with E-state index in [0.29, 0.717) is 0 Å². The van der Waals surface area contributed by atoms with Gasteiger partial charge in [-0.05, 0) is 36.8 Å². The smallest absolute Gasteiger partial charge is 0.163 e. The van der Waals surface area contributed by atoms with Gasteiger partial charge >= 0.3 is 0 Å². The number of halogens is 1. The normalized spacial score (nSPS) is 15.6. The largest absolute Gasteiger partial charge is 0.348 e. The Bertz CT molecular complexity index is 1210. The highest BCUT2D eigenvalue weighted by Crippen LogP contribution is 2.42. The first-order chi connectivity index (χ1) is 14.6. The molecule has 1 aromatic heterocycles. The summed E-state index contributed by atoms with van der Waals surface area (Å²) in [7, 11) is 2.09. The SMILES string of the molecule is Cc1nn(-c2ccccc2)c2c1C(c1ccc(Cl)cc1)N(C)C(c1ccccc1)=N2. The molecular weight excluding hydrogens is 392 g/mol. The van der Waals surface area contributed by atoms with Crippen LogP contribution in [-0.2, 0) is 0 Å². The summed E-state index contributed by atoms with van der Waals surface area (Å²) in [6.07, 6.45) is 0. The van der Waals surface area contributed by atoms with Crippen LogP contribution in [0.2, 0.25) is 5.02 Å². The highest BCUT2D eigenvalue weighted by atomic mass is 35.5. The molecule has 0 N–H and O–H groups in total. The van der Waals surface area contributed by atoms with Crippen LogP contribution in [0.4, 0.5) is 5.82 Å². The van der Waals surface area contributed by atoms with Crippen molar-refractivity contribution in [3.63, 3.8) is 0 Å². The summed E-state index contributed by atoms with van der Waals surface area (Å²) < 4.78 is 1.95. The number of aryl methyl sites for hydroxylation is 1. The first kappa shape index (κ1) is 18.6. The summed E-state index contributed by atoms with van der Waals surface area (Å²) in [5.74, 6) is 1.79. The quantitative estimate of drug-likeness (QED) is 0.416. The van der Waals surface area contributed by atoms with Crippen LogP contribution in [0.5, 0.6) is 0 Å². The van der Waals surface area contributed by atoms with E-state index < -0.39 is 0 Å². The molecule has 4 nitrogen and oxygen atoms in total. The van der Waals surface area contributed by atoms with E-state index in [4.69, 9.17) is 21.7 Å². The van der Waals surface area contributed by atoms with Crippen molar-refractivity contribution in [2.45, 2.75) is 13.0 Å². The summed E-state index contributed by atoms with van der Waals surface area (Å²) in [6.45, 7) is 2.05. The Hall–Kier alpha value is -3.37. The molecule has 0 bridgehead atoms. The van der Waals surface area contributed by atoms with Crippen LogP contribution in [0.3, 0.4) is 0 Å². The first-order valence-electron chi connectivity index (χ1n) is 9.91. The Morgan fingerprint density at radius 1 is 0.833 bits per heavy atom. The van der Waals surface area contributed by atoms with Gasteiger partial charge in [0.05, 0.1) is 17.4 Å². The molecule has 1 aliphatic heterocycles. The third kappa shape index (κ3) is 3.10. The molecule has 0 spiro atoms. The molecule has 5 heteroatoms. The second kappa shape index (κ2) is 7.47. The molecule has 0 aliphatic carbocycles. The van der Waals surface area contributed by atoms with E-state index in [0.717, 1.165) is 44.7 Å². The third-order valence-corrected chi connectivity index (χ3v) is 5.76. The van der Waals surface area contributed by atoms with E-state index >= 15 is 0 Å². The lowest BCUT2D eigenvalue weighted by Gasteiger charge is -2.35. The lowest BCUT2D eigenvalue weighted by atomic mass is 9.94. The predicted molar refractivity (Wildman–Crippen MR) is 122 cm³/mol. The fourth-order valence-electron chi connectivity index (χ4n) is 4.09. The van der Waals surface area contributed by atoms with Crippen LogP contribution in [0.25, 0.3) is 5.69 Å². The Labute approximate surface area is 181 Å². The number of fused-ring (bicyclic) bond motifs is 1. The number of nitrogens with zero attached hydrogens (tertiary/aromatic N) is 4. The van der Waals surface area contributed by atoms with Gasteiger partial charge in [0.25, 0.3) is 0 Å². The van der Waals surface area contributed by atoms with Gasteiger partial charge in [-0.1, -0.05) is 72.3 Å². The van der Waals surface area contributed by atoms with E-state index in [-0.39, 0.29) is 6.04 Å². The van der Waals surface area contributed by atoms with Gasteiger partial charge in [-0.25, -0.2) is 9.67 Å². The molecule has 2 heterocycles. The molecule has 1 aliphatic rings. The average Bonchev–Trinajstić information content (AvgIpc) is 3.11. The number of rotatable bonds is 3. The van der Waals surface area contributed by atoms with Crippen molar-refractivity contribution in [2.24, 2.45) is 4.99 Å². The zero-order valence-corrected chi connectivity index (χ0v) is 17.6. The Balaban J connectivity index is 1.77. The topological polar surface area (TPSA) is 33.4 Å². The van der Waals surface area contributed by atoms with Crippen LogP contribution in [0.1, 0.15) is 28.4 Å². The maximum Gasteiger partial charge on any atom is 0.163 e. The van der Waals surface area contributed by atoms with Crippen LogP contribution >= 0.6 is 11.6 Å². The van der Waals surface area contributed by atoms with E-state index in [1.807, 2.05) is 53.2 Å². The minimum Gasteiger partial charge on any atom is -0.348 e. The van der Waals surface area contributed by atoms with Crippen LogP contribution in [-0.4, -0.2) is 27.6 Å². The minimum absolute atomic E-state index is 0.0116. The molecule has 0 saturated heterocycles. The molecule has 0 amide bonds. The molecule has 1 unspecified atom stereocenters. The number of aliphatic imine (C=N–C) groups is 1. The summed E-state index contributed by atoms with van der Waals surface area (Å²) in [5, 5.41) is 5.60. The Kier molecular flexibility index (Phi) is 4.64. The second-order valence-corrected chi connectivity index (χ2v) is 7.87. The fourth-order valence-corrected chi connectivity index (χ4v) is 4.22. The van der Waals surface area contributed by atoms with E-state index in [1.165, 1.54) is 0 Å². The number of para-hydroxylation sites is 1. The predicted octanol–water partition coefficient (Wildman–Crippen LogP) is 5.95. The highest BCUT2D eigenvalue weighted by Gasteiger charge is 2.34. The van der Waals surface area contributed by atoms with E-state index in [2.05, 4.69) is 55.3 Å². The standard InChI is InChI=1S/C25H21ClN4/c1-17-22-23(18-13-15-20(26)16-14-18)29(2)24(19-9-5-3-6-10-19)27-25(22)30(28-17)21-11-7-4-8-12-21/h3-16,23H,1-2H3. The van der Waals surface area contributed by atoms with Gasteiger partial charge in [-0.3, -0.25) is 0 Å². The Morgan fingerprint density at radius 3 is 2.13 bits per heavy atom. The third-order valence-electron chi connectivity index (χ3n) is 5.51. The van der Waals surface area contributed by atoms with E-state index in [9.17, 15) is 0 Å². The molecular formula is C25H21ClN4. The average molecular weight is 413 g/mol. The minimum atomic E-state index is -0.0116. The van der Waals surface area contributed by atoms with Crippen molar-refractivity contribution in [2.75, 3.05) is 7.05 Å². The lowest BCUT2D eigenvalue weighted by Crippen LogP contribution is -2.35. The van der Waals surface area contributed by atoms with Crippen molar-refractivity contribution >= 4 is 23.3 Å². The second-order valence-electron chi connectivity index (χ2n) is 7.44. The zero-order chi connectivity index (χ0) is 20.7. The van der Waals surface area contributed by atoms with Crippen molar-refractivity contribution in [3.05, 3.63) is 112 Å². The van der Waals surface area contributed by atoms with Gasteiger partial charge in [0.2, 0.25) is 0 Å². The number of amidine groups is 1. The number of aromatic nitrogens is 2. The Morgan fingerprint density at radius 2 is 1.47 bits per heavy atom. The van der Waals surface area contributed by atoms with Gasteiger partial charge in [-0.2, -0.15) is 5.10 Å². The van der Waals surface area contributed by atoms with Crippen LogP contribution < -0.4 is 0 Å². The van der Waals surface area contributed by atoms with Crippen molar-refractivity contribution in [1.82, 2.24) is 14.7 Å². The molecule has 0 radical (unpaired) electrons. The van der Waals surface area contributed by atoms with Crippen LogP contribution in [0.15, 0.2) is 89.9 Å². The zero-order valence-electron chi connectivity index (χ0n) is 16.8. The van der Waals surface area contributed by atoms with Gasteiger partial charge in [0.1, 0.15) is 5.84 Å². The van der Waals surface area contributed by atoms with Crippen LogP contribution in [0, 0.1) is 6.92 Å². The first-order valence-corrected chi connectivity index (χ1v) is 10.3. The maximum atomic E-state index is 6.17. The molecule has 0 fully saturated rings. The van der Waals surface area contributed by atoms with Crippen molar-refractivity contribution < 1.29 is 0 Å². The molecule has 0 saturated carbocycles. The molecule has 30 heavy (non-hydrogen) atoms. The van der Waals surface area contributed by atoms with Crippen molar-refractivity contribution in [1.29, 1.82) is 0 Å². The van der Waals surface area contributed by atoms with Gasteiger partial charge in [0.15, 0.2) is 5.82 Å². The summed E-state index contributed by atoms with van der Waals surface area (Å²) in [6, 6.07) is 28.5. The molecule has 5 rings (SSSR count). The summed E-state index contributed by atoms with van der Waals surface area (Å²) >= 11 is 6.17. The molecule has 3 aromatic carbocycles. The van der Waals surface area contributed by atoms with Gasteiger partial charge < -0.3 is 4.90 Å². The summed E-state index contributed by atoms with van der Waals surface area (Å²) in [4.78, 5) is 7.33. The van der Waals surface area contributed by atoms with Crippen molar-refractivity contribution in [3.8, 4) is 5.69 Å². The van der Waals surface area contributed by atoms with Gasteiger partial charge in [-0.15, -0.1) is 0 Å². The number of benzene rings is 3. The monoisotopic (exact) mass is 412 g/mol. The molecule has 1 atom stereocenters. The van der Waals surface area contributed by atoms with Gasteiger partial charge in [0, 0.05) is 23.2 Å². The van der Waals surface area contributed by atoms with E-state index in [1.54, 1.807) is 0 Å².